The van der Waals surface area contributed by atoms with Gasteiger partial charge in [0.1, 0.15) is 0 Å². The van der Waals surface area contributed by atoms with Crippen molar-refractivity contribution >= 4 is 11.8 Å². The molecule has 0 spiro atoms. The van der Waals surface area contributed by atoms with Gasteiger partial charge in [-0.15, -0.1) is 0 Å². The zero-order chi connectivity index (χ0) is 10.8. The van der Waals surface area contributed by atoms with Gasteiger partial charge in [-0.2, -0.15) is 11.8 Å². The minimum atomic E-state index is -0.232. The van der Waals surface area contributed by atoms with Gasteiger partial charge < -0.3 is 5.11 Å². The highest BCUT2D eigenvalue weighted by Gasteiger charge is 2.30. The third-order valence-corrected chi connectivity index (χ3v) is 4.44. The first-order valence-electron chi connectivity index (χ1n) is 5.43. The van der Waals surface area contributed by atoms with Gasteiger partial charge in [0.25, 0.3) is 0 Å². The van der Waals surface area contributed by atoms with Crippen molar-refractivity contribution in [3.05, 3.63) is 0 Å². The van der Waals surface area contributed by atoms with E-state index in [1.54, 1.807) is 0 Å². The molecule has 2 nitrogen and oxygen atoms in total. The average Bonchev–Trinajstić information content (AvgIpc) is 2.08. The highest BCUT2D eigenvalue weighted by atomic mass is 32.2. The van der Waals surface area contributed by atoms with Gasteiger partial charge in [0.05, 0.1) is 6.10 Å². The third-order valence-electron chi connectivity index (χ3n) is 3.25. The monoisotopic (exact) mass is 217 g/mol. The van der Waals surface area contributed by atoms with Crippen LogP contribution in [-0.4, -0.2) is 46.7 Å². The summed E-state index contributed by atoms with van der Waals surface area (Å²) < 4.78 is 0. The molecule has 1 fully saturated rings. The average molecular weight is 217 g/mol. The summed E-state index contributed by atoms with van der Waals surface area (Å²) in [6.45, 7) is 10.6. The van der Waals surface area contributed by atoms with Crippen molar-refractivity contribution in [3.63, 3.8) is 0 Å². The van der Waals surface area contributed by atoms with E-state index in [2.05, 4.69) is 25.7 Å². The molecule has 1 aliphatic rings. The first kappa shape index (κ1) is 12.3. The van der Waals surface area contributed by atoms with Gasteiger partial charge in [0.15, 0.2) is 0 Å². The molecule has 0 saturated carbocycles. The van der Waals surface area contributed by atoms with E-state index >= 15 is 0 Å². The Balaban J connectivity index is 2.49. The quantitative estimate of drug-likeness (QED) is 0.780. The Kier molecular flexibility index (Phi) is 4.29. The maximum absolute atomic E-state index is 9.67. The highest BCUT2D eigenvalue weighted by Crippen LogP contribution is 2.25. The van der Waals surface area contributed by atoms with Crippen molar-refractivity contribution in [2.75, 3.05) is 24.6 Å². The highest BCUT2D eigenvalue weighted by molar-refractivity contribution is 7.99. The van der Waals surface area contributed by atoms with Crippen LogP contribution in [0, 0.1) is 5.41 Å². The molecule has 1 heterocycles. The third kappa shape index (κ3) is 3.14. The maximum atomic E-state index is 9.67. The summed E-state index contributed by atoms with van der Waals surface area (Å²) >= 11 is 2.04. The Morgan fingerprint density at radius 1 is 1.57 bits per heavy atom. The fourth-order valence-electron chi connectivity index (χ4n) is 1.65. The summed E-state index contributed by atoms with van der Waals surface area (Å²) in [6, 6.07) is 0.659. The van der Waals surface area contributed by atoms with Crippen LogP contribution >= 0.6 is 11.8 Å². The minimum absolute atomic E-state index is 0.0102. The van der Waals surface area contributed by atoms with Crippen molar-refractivity contribution < 1.29 is 5.11 Å². The molecular formula is C11H23NOS. The molecule has 2 atom stereocenters. The standard InChI is InChI=1S/C11H23NOS/c1-9-7-14-6-5-12(9)8-11(3,4)10(2)13/h9-10,13H,5-8H2,1-4H3. The van der Waals surface area contributed by atoms with Crippen LogP contribution in [-0.2, 0) is 0 Å². The van der Waals surface area contributed by atoms with Crippen LogP contribution in [0.25, 0.3) is 0 Å². The summed E-state index contributed by atoms with van der Waals surface area (Å²) in [5, 5.41) is 9.67. The van der Waals surface area contributed by atoms with Crippen LogP contribution in [0.2, 0.25) is 0 Å². The topological polar surface area (TPSA) is 23.5 Å². The first-order valence-corrected chi connectivity index (χ1v) is 6.59. The number of hydrogen-bond donors (Lipinski definition) is 1. The van der Waals surface area contributed by atoms with E-state index in [1.165, 1.54) is 18.1 Å². The zero-order valence-corrected chi connectivity index (χ0v) is 10.6. The van der Waals surface area contributed by atoms with Gasteiger partial charge in [0, 0.05) is 36.1 Å². The second-order valence-electron chi connectivity index (χ2n) is 5.06. The Bertz CT molecular complexity index is 182. The Labute approximate surface area is 92.1 Å². The molecule has 0 aromatic heterocycles. The Morgan fingerprint density at radius 2 is 2.21 bits per heavy atom. The molecule has 0 aliphatic carbocycles. The van der Waals surface area contributed by atoms with E-state index in [1.807, 2.05) is 18.7 Å². The summed E-state index contributed by atoms with van der Waals surface area (Å²) in [4.78, 5) is 2.50. The van der Waals surface area contributed by atoms with Gasteiger partial charge in [-0.05, 0) is 13.8 Å². The van der Waals surface area contributed by atoms with Crippen LogP contribution in [0.1, 0.15) is 27.7 Å². The van der Waals surface area contributed by atoms with Gasteiger partial charge in [-0.1, -0.05) is 13.8 Å². The lowest BCUT2D eigenvalue weighted by Crippen LogP contribution is -2.48. The predicted octanol–water partition coefficient (Wildman–Crippen LogP) is 1.83. The minimum Gasteiger partial charge on any atom is -0.393 e. The van der Waals surface area contributed by atoms with E-state index in [0.717, 1.165) is 6.54 Å². The largest absolute Gasteiger partial charge is 0.393 e. The van der Waals surface area contributed by atoms with Crippen molar-refractivity contribution in [1.82, 2.24) is 4.90 Å². The number of rotatable bonds is 3. The van der Waals surface area contributed by atoms with Crippen molar-refractivity contribution in [1.29, 1.82) is 0 Å². The van der Waals surface area contributed by atoms with Crippen LogP contribution in [0.4, 0.5) is 0 Å². The molecule has 0 amide bonds. The molecule has 0 aromatic rings. The van der Waals surface area contributed by atoms with Crippen LogP contribution < -0.4 is 0 Å². The molecule has 0 aromatic carbocycles. The van der Waals surface area contributed by atoms with Crippen LogP contribution in [0.15, 0.2) is 0 Å². The summed E-state index contributed by atoms with van der Waals surface area (Å²) in [5.41, 5.74) is 0.0102. The van der Waals surface area contributed by atoms with Crippen LogP contribution in [0.5, 0.6) is 0 Å². The SMILES string of the molecule is CC1CSCCN1CC(C)(C)C(C)O. The molecule has 1 aliphatic heterocycles. The number of aliphatic hydroxyl groups is 1. The van der Waals surface area contributed by atoms with E-state index in [-0.39, 0.29) is 11.5 Å². The molecule has 14 heavy (non-hydrogen) atoms. The lowest BCUT2D eigenvalue weighted by molar-refractivity contribution is 0.0276. The van der Waals surface area contributed by atoms with E-state index < -0.39 is 0 Å². The molecule has 84 valence electrons. The molecular weight excluding hydrogens is 194 g/mol. The second kappa shape index (κ2) is 4.86. The van der Waals surface area contributed by atoms with Crippen LogP contribution in [0.3, 0.4) is 0 Å². The second-order valence-corrected chi connectivity index (χ2v) is 6.21. The van der Waals surface area contributed by atoms with Gasteiger partial charge in [0.2, 0.25) is 0 Å². The molecule has 0 bridgehead atoms. The van der Waals surface area contributed by atoms with E-state index in [0.29, 0.717) is 6.04 Å². The van der Waals surface area contributed by atoms with Gasteiger partial charge in [-0.3, -0.25) is 4.90 Å². The predicted molar refractivity (Wildman–Crippen MR) is 63.8 cm³/mol. The summed E-state index contributed by atoms with van der Waals surface area (Å²) in [5.74, 6) is 2.47. The fraction of sp³-hybridized carbons (Fsp3) is 1.00. The van der Waals surface area contributed by atoms with E-state index in [9.17, 15) is 5.11 Å². The molecule has 0 radical (unpaired) electrons. The molecule has 3 heteroatoms. The summed E-state index contributed by atoms with van der Waals surface area (Å²) in [6.07, 6.45) is -0.232. The lowest BCUT2D eigenvalue weighted by atomic mass is 9.86. The smallest absolute Gasteiger partial charge is 0.0575 e. The van der Waals surface area contributed by atoms with Crippen molar-refractivity contribution in [3.8, 4) is 0 Å². The van der Waals surface area contributed by atoms with E-state index in [4.69, 9.17) is 0 Å². The number of hydrogen-bond acceptors (Lipinski definition) is 3. The molecule has 1 rings (SSSR count). The molecule has 1 saturated heterocycles. The first-order chi connectivity index (χ1) is 6.43. The number of aliphatic hydroxyl groups excluding tert-OH is 1. The maximum Gasteiger partial charge on any atom is 0.0575 e. The normalized spacial score (nSPS) is 27.6. The fourth-order valence-corrected chi connectivity index (χ4v) is 2.73. The van der Waals surface area contributed by atoms with Crippen molar-refractivity contribution in [2.24, 2.45) is 5.41 Å². The number of nitrogens with zero attached hydrogens (tertiary/aromatic N) is 1. The summed E-state index contributed by atoms with van der Waals surface area (Å²) in [7, 11) is 0. The van der Waals surface area contributed by atoms with Gasteiger partial charge >= 0.3 is 0 Å². The van der Waals surface area contributed by atoms with Gasteiger partial charge in [-0.25, -0.2) is 0 Å². The Morgan fingerprint density at radius 3 is 2.71 bits per heavy atom. The Hall–Kier alpha value is 0.270. The number of thioether (sulfide) groups is 1. The molecule has 2 unspecified atom stereocenters. The lowest BCUT2D eigenvalue weighted by Gasteiger charge is -2.40. The van der Waals surface area contributed by atoms with Crippen molar-refractivity contribution in [2.45, 2.75) is 39.8 Å². The molecule has 1 N–H and O–H groups in total. The zero-order valence-electron chi connectivity index (χ0n) is 9.79.